The Labute approximate surface area is 154 Å². The van der Waals surface area contributed by atoms with Gasteiger partial charge in [-0.2, -0.15) is 5.10 Å². The number of carbonyl (C=O) groups is 2. The Morgan fingerprint density at radius 1 is 1.27 bits per heavy atom. The zero-order chi connectivity index (χ0) is 18.7. The standard InChI is InChI=1S/C20H26N4O2/c1-4-10-24-15(3)20(14(2)22-24)21-18(25)13-23-12-17(11-19(23)26)16-8-6-5-7-9-16/h5-9,17H,4,10-13H2,1-3H3,(H,21,25). The van der Waals surface area contributed by atoms with E-state index in [0.29, 0.717) is 13.0 Å². The lowest BCUT2D eigenvalue weighted by Gasteiger charge is -2.16. The third kappa shape index (κ3) is 3.79. The molecular weight excluding hydrogens is 328 g/mol. The highest BCUT2D eigenvalue weighted by atomic mass is 16.2. The molecule has 0 aliphatic carbocycles. The molecule has 3 rings (SSSR count). The van der Waals surface area contributed by atoms with Crippen LogP contribution in [0.2, 0.25) is 0 Å². The van der Waals surface area contributed by atoms with Crippen molar-refractivity contribution in [2.45, 2.75) is 46.1 Å². The summed E-state index contributed by atoms with van der Waals surface area (Å²) in [6, 6.07) is 10.0. The number of amides is 2. The Hall–Kier alpha value is -2.63. The minimum atomic E-state index is -0.172. The highest BCUT2D eigenvalue weighted by Crippen LogP contribution is 2.28. The second kappa shape index (κ2) is 7.72. The number of likely N-dealkylation sites (tertiary alicyclic amines) is 1. The number of nitrogens with zero attached hydrogens (tertiary/aromatic N) is 3. The van der Waals surface area contributed by atoms with Gasteiger partial charge in [0, 0.05) is 25.4 Å². The van der Waals surface area contributed by atoms with Gasteiger partial charge in [0.1, 0.15) is 0 Å². The van der Waals surface area contributed by atoms with E-state index in [1.165, 1.54) is 0 Å². The van der Waals surface area contributed by atoms with Crippen LogP contribution in [0, 0.1) is 13.8 Å². The van der Waals surface area contributed by atoms with Gasteiger partial charge >= 0.3 is 0 Å². The topological polar surface area (TPSA) is 67.2 Å². The lowest BCUT2D eigenvalue weighted by molar-refractivity contribution is -0.131. The lowest BCUT2D eigenvalue weighted by atomic mass is 9.99. The molecule has 138 valence electrons. The lowest BCUT2D eigenvalue weighted by Crippen LogP contribution is -2.34. The Kier molecular flexibility index (Phi) is 5.40. The number of benzene rings is 1. The first-order chi connectivity index (χ1) is 12.5. The molecule has 1 aliphatic heterocycles. The van der Waals surface area contributed by atoms with Crippen LogP contribution in [0.5, 0.6) is 0 Å². The molecule has 2 heterocycles. The van der Waals surface area contributed by atoms with Crippen molar-refractivity contribution < 1.29 is 9.59 Å². The maximum absolute atomic E-state index is 12.5. The molecule has 0 spiro atoms. The Morgan fingerprint density at radius 3 is 2.69 bits per heavy atom. The van der Waals surface area contributed by atoms with Gasteiger partial charge in [0.2, 0.25) is 11.8 Å². The number of nitrogens with one attached hydrogen (secondary N) is 1. The first-order valence-electron chi connectivity index (χ1n) is 9.16. The Morgan fingerprint density at radius 2 is 2.00 bits per heavy atom. The summed E-state index contributed by atoms with van der Waals surface area (Å²) in [4.78, 5) is 26.4. The number of carbonyl (C=O) groups excluding carboxylic acids is 2. The number of hydrogen-bond acceptors (Lipinski definition) is 3. The maximum atomic E-state index is 12.5. The predicted molar refractivity (Wildman–Crippen MR) is 101 cm³/mol. The molecule has 1 aromatic heterocycles. The fourth-order valence-corrected chi connectivity index (χ4v) is 3.53. The van der Waals surface area contributed by atoms with Crippen molar-refractivity contribution in [2.75, 3.05) is 18.4 Å². The summed E-state index contributed by atoms with van der Waals surface area (Å²) in [5.74, 6) is 0.0192. The molecule has 6 heteroatoms. The van der Waals surface area contributed by atoms with Crippen molar-refractivity contribution in [3.63, 3.8) is 0 Å². The fourth-order valence-electron chi connectivity index (χ4n) is 3.53. The fraction of sp³-hybridized carbons (Fsp3) is 0.450. The predicted octanol–water partition coefficient (Wildman–Crippen LogP) is 2.86. The highest BCUT2D eigenvalue weighted by molar-refractivity contribution is 5.96. The van der Waals surface area contributed by atoms with Gasteiger partial charge in [0.15, 0.2) is 0 Å². The summed E-state index contributed by atoms with van der Waals surface area (Å²) in [5.41, 5.74) is 3.66. The zero-order valence-electron chi connectivity index (χ0n) is 15.7. The summed E-state index contributed by atoms with van der Waals surface area (Å²) >= 11 is 0. The molecule has 26 heavy (non-hydrogen) atoms. The Balaban J connectivity index is 1.63. The van der Waals surface area contributed by atoms with Gasteiger partial charge in [-0.1, -0.05) is 37.3 Å². The van der Waals surface area contributed by atoms with Gasteiger partial charge in [-0.25, -0.2) is 0 Å². The molecule has 0 saturated carbocycles. The number of rotatable bonds is 6. The molecule has 1 N–H and O–H groups in total. The maximum Gasteiger partial charge on any atom is 0.244 e. The second-order valence-corrected chi connectivity index (χ2v) is 6.90. The molecular formula is C20H26N4O2. The van der Waals surface area contributed by atoms with Crippen molar-refractivity contribution in [3.05, 3.63) is 47.3 Å². The van der Waals surface area contributed by atoms with Gasteiger partial charge < -0.3 is 10.2 Å². The molecule has 1 saturated heterocycles. The SMILES string of the molecule is CCCn1nc(C)c(NC(=O)CN2CC(c3ccccc3)CC2=O)c1C. The van der Waals surface area contributed by atoms with E-state index < -0.39 is 0 Å². The van der Waals surface area contributed by atoms with E-state index in [9.17, 15) is 9.59 Å². The molecule has 6 nitrogen and oxygen atoms in total. The van der Waals surface area contributed by atoms with Crippen molar-refractivity contribution in [2.24, 2.45) is 0 Å². The monoisotopic (exact) mass is 354 g/mol. The van der Waals surface area contributed by atoms with Crippen LogP contribution in [0.3, 0.4) is 0 Å². The van der Waals surface area contributed by atoms with E-state index in [-0.39, 0.29) is 24.3 Å². The van der Waals surface area contributed by atoms with E-state index >= 15 is 0 Å². The molecule has 1 unspecified atom stereocenters. The van der Waals surface area contributed by atoms with Gasteiger partial charge in [-0.15, -0.1) is 0 Å². The normalized spacial score (nSPS) is 17.0. The van der Waals surface area contributed by atoms with E-state index in [2.05, 4.69) is 17.3 Å². The van der Waals surface area contributed by atoms with Crippen LogP contribution in [-0.4, -0.2) is 39.6 Å². The molecule has 1 aromatic carbocycles. The largest absolute Gasteiger partial charge is 0.333 e. The molecule has 1 fully saturated rings. The van der Waals surface area contributed by atoms with Gasteiger partial charge in [0.05, 0.1) is 23.6 Å². The first-order valence-corrected chi connectivity index (χ1v) is 9.16. The number of anilines is 1. The summed E-state index contributed by atoms with van der Waals surface area (Å²) in [5, 5.41) is 7.42. The van der Waals surface area contributed by atoms with E-state index in [4.69, 9.17) is 0 Å². The van der Waals surface area contributed by atoms with Gasteiger partial charge in [0.25, 0.3) is 0 Å². The van der Waals surface area contributed by atoms with Crippen molar-refractivity contribution in [1.82, 2.24) is 14.7 Å². The van der Waals surface area contributed by atoms with Crippen LogP contribution in [0.25, 0.3) is 0 Å². The van der Waals surface area contributed by atoms with Crippen LogP contribution in [0.4, 0.5) is 5.69 Å². The molecule has 2 aromatic rings. The van der Waals surface area contributed by atoms with Crippen LogP contribution in [0.15, 0.2) is 30.3 Å². The number of aromatic nitrogens is 2. The zero-order valence-corrected chi connectivity index (χ0v) is 15.7. The Bertz CT molecular complexity index is 798. The number of hydrogen-bond donors (Lipinski definition) is 1. The number of aryl methyl sites for hydroxylation is 2. The third-order valence-electron chi connectivity index (χ3n) is 4.90. The molecule has 1 aliphatic rings. The summed E-state index contributed by atoms with van der Waals surface area (Å²) < 4.78 is 1.91. The van der Waals surface area contributed by atoms with Crippen LogP contribution in [-0.2, 0) is 16.1 Å². The second-order valence-electron chi connectivity index (χ2n) is 6.90. The van der Waals surface area contributed by atoms with Crippen LogP contribution >= 0.6 is 0 Å². The highest BCUT2D eigenvalue weighted by Gasteiger charge is 2.31. The van der Waals surface area contributed by atoms with Crippen molar-refractivity contribution >= 4 is 17.5 Å². The van der Waals surface area contributed by atoms with E-state index in [1.807, 2.05) is 48.9 Å². The van der Waals surface area contributed by atoms with Crippen LogP contribution in [0.1, 0.15) is 42.6 Å². The third-order valence-corrected chi connectivity index (χ3v) is 4.90. The van der Waals surface area contributed by atoms with E-state index in [0.717, 1.165) is 35.6 Å². The molecule has 0 bridgehead atoms. The molecule has 0 radical (unpaired) electrons. The van der Waals surface area contributed by atoms with Gasteiger partial charge in [-0.3, -0.25) is 14.3 Å². The first kappa shape index (κ1) is 18.2. The minimum absolute atomic E-state index is 0.0316. The smallest absolute Gasteiger partial charge is 0.244 e. The summed E-state index contributed by atoms with van der Waals surface area (Å²) in [6.07, 6.45) is 1.45. The minimum Gasteiger partial charge on any atom is -0.333 e. The van der Waals surface area contributed by atoms with Gasteiger partial charge in [-0.05, 0) is 25.8 Å². The van der Waals surface area contributed by atoms with E-state index in [1.54, 1.807) is 4.90 Å². The average Bonchev–Trinajstić information content (AvgIpc) is 3.11. The quantitative estimate of drug-likeness (QED) is 0.867. The summed E-state index contributed by atoms with van der Waals surface area (Å²) in [7, 11) is 0. The average molecular weight is 354 g/mol. The van der Waals surface area contributed by atoms with Crippen molar-refractivity contribution in [3.8, 4) is 0 Å². The molecule has 2 amide bonds. The summed E-state index contributed by atoms with van der Waals surface area (Å²) in [6.45, 7) is 7.44. The molecule has 1 atom stereocenters. The van der Waals surface area contributed by atoms with Crippen molar-refractivity contribution in [1.29, 1.82) is 0 Å². The van der Waals surface area contributed by atoms with Crippen LogP contribution < -0.4 is 5.32 Å².